The minimum atomic E-state index is 0.486. The lowest BCUT2D eigenvalue weighted by molar-refractivity contribution is 0.868. The number of hydrogen-bond acceptors (Lipinski definition) is 2. The summed E-state index contributed by atoms with van der Waals surface area (Å²) in [6.45, 7) is 4.32. The van der Waals surface area contributed by atoms with E-state index in [4.69, 9.17) is 5.73 Å². The van der Waals surface area contributed by atoms with Crippen molar-refractivity contribution in [2.75, 3.05) is 24.7 Å². The molecule has 2 heteroatoms. The van der Waals surface area contributed by atoms with Gasteiger partial charge in [0, 0.05) is 25.5 Å². The number of hydrogen-bond donors (Lipinski definition) is 1. The zero-order valence-corrected chi connectivity index (χ0v) is 8.83. The molecule has 2 N–H and O–H groups in total. The lowest BCUT2D eigenvalue weighted by Crippen LogP contribution is -2.09. The fourth-order valence-electron chi connectivity index (χ4n) is 1.34. The number of nitrogens with zero attached hydrogens (tertiary/aromatic N) is 1. The molecule has 1 aromatic carbocycles. The number of nitrogens with two attached hydrogens (primary N) is 1. The van der Waals surface area contributed by atoms with Crippen molar-refractivity contribution in [3.05, 3.63) is 23.8 Å². The van der Waals surface area contributed by atoms with Gasteiger partial charge in [0.1, 0.15) is 0 Å². The minimum Gasteiger partial charge on any atom is -0.398 e. The molecule has 0 aliphatic rings. The molecule has 0 saturated heterocycles. The monoisotopic (exact) mass is 178 g/mol. The second kappa shape index (κ2) is 3.69. The van der Waals surface area contributed by atoms with Crippen LogP contribution in [0.4, 0.5) is 11.4 Å². The average Bonchev–Trinajstić information content (AvgIpc) is 2.04. The maximum atomic E-state index is 5.87. The topological polar surface area (TPSA) is 29.3 Å². The van der Waals surface area contributed by atoms with Crippen LogP contribution in [0.3, 0.4) is 0 Å². The molecule has 0 aliphatic heterocycles. The summed E-state index contributed by atoms with van der Waals surface area (Å²) in [5.74, 6) is 0.486. The van der Waals surface area contributed by atoms with Crippen molar-refractivity contribution < 1.29 is 0 Å². The van der Waals surface area contributed by atoms with E-state index in [9.17, 15) is 0 Å². The van der Waals surface area contributed by atoms with Crippen LogP contribution in [0.1, 0.15) is 25.3 Å². The smallest absolute Gasteiger partial charge is 0.0365 e. The standard InChI is InChI=1S/C11H18N2/c1-8(2)10-7-9(13(3)4)5-6-11(10)12/h5-8H,12H2,1-4H3. The van der Waals surface area contributed by atoms with Crippen LogP contribution in [0.2, 0.25) is 0 Å². The predicted octanol–water partition coefficient (Wildman–Crippen LogP) is 2.46. The summed E-state index contributed by atoms with van der Waals surface area (Å²) in [6.07, 6.45) is 0. The number of benzene rings is 1. The maximum absolute atomic E-state index is 5.87. The lowest BCUT2D eigenvalue weighted by Gasteiger charge is -2.16. The molecular weight excluding hydrogens is 160 g/mol. The summed E-state index contributed by atoms with van der Waals surface area (Å²) < 4.78 is 0. The van der Waals surface area contributed by atoms with Crippen LogP contribution in [0, 0.1) is 0 Å². The first-order valence-corrected chi connectivity index (χ1v) is 4.59. The Morgan fingerprint density at radius 1 is 1.23 bits per heavy atom. The molecule has 0 saturated carbocycles. The van der Waals surface area contributed by atoms with Crippen LogP contribution >= 0.6 is 0 Å². The quantitative estimate of drug-likeness (QED) is 0.705. The Balaban J connectivity index is 3.11. The highest BCUT2D eigenvalue weighted by Crippen LogP contribution is 2.26. The molecule has 72 valence electrons. The van der Waals surface area contributed by atoms with Crippen LogP contribution < -0.4 is 10.6 Å². The third-order valence-corrected chi connectivity index (χ3v) is 2.21. The summed E-state index contributed by atoms with van der Waals surface area (Å²) >= 11 is 0. The normalized spacial score (nSPS) is 10.5. The first-order valence-electron chi connectivity index (χ1n) is 4.59. The Morgan fingerprint density at radius 2 is 1.85 bits per heavy atom. The van der Waals surface area contributed by atoms with E-state index in [1.54, 1.807) is 0 Å². The van der Waals surface area contributed by atoms with Crippen molar-refractivity contribution >= 4 is 11.4 Å². The third kappa shape index (κ3) is 2.14. The third-order valence-electron chi connectivity index (χ3n) is 2.21. The van der Waals surface area contributed by atoms with E-state index in [0.29, 0.717) is 5.92 Å². The van der Waals surface area contributed by atoms with E-state index in [1.165, 1.54) is 11.3 Å². The van der Waals surface area contributed by atoms with Gasteiger partial charge < -0.3 is 10.6 Å². The van der Waals surface area contributed by atoms with E-state index in [2.05, 4.69) is 24.8 Å². The molecular formula is C11H18N2. The van der Waals surface area contributed by atoms with Gasteiger partial charge in [0.15, 0.2) is 0 Å². The van der Waals surface area contributed by atoms with Crippen LogP contribution in [0.5, 0.6) is 0 Å². The number of nitrogen functional groups attached to an aromatic ring is 1. The summed E-state index contributed by atoms with van der Waals surface area (Å²) in [5.41, 5.74) is 9.20. The van der Waals surface area contributed by atoms with Gasteiger partial charge in [-0.05, 0) is 29.7 Å². The van der Waals surface area contributed by atoms with Crippen molar-refractivity contribution in [2.24, 2.45) is 0 Å². The molecule has 0 unspecified atom stereocenters. The Bertz CT molecular complexity index is 290. The largest absolute Gasteiger partial charge is 0.398 e. The van der Waals surface area contributed by atoms with Gasteiger partial charge in [-0.15, -0.1) is 0 Å². The van der Waals surface area contributed by atoms with Gasteiger partial charge >= 0.3 is 0 Å². The van der Waals surface area contributed by atoms with Crippen LogP contribution in [0.25, 0.3) is 0 Å². The van der Waals surface area contributed by atoms with Crippen molar-refractivity contribution in [3.8, 4) is 0 Å². The molecule has 1 rings (SSSR count). The zero-order valence-electron chi connectivity index (χ0n) is 8.83. The molecule has 13 heavy (non-hydrogen) atoms. The van der Waals surface area contributed by atoms with Gasteiger partial charge in [-0.3, -0.25) is 0 Å². The van der Waals surface area contributed by atoms with Gasteiger partial charge in [0.05, 0.1) is 0 Å². The molecule has 0 radical (unpaired) electrons. The molecule has 0 amide bonds. The van der Waals surface area contributed by atoms with Crippen molar-refractivity contribution in [1.82, 2.24) is 0 Å². The minimum absolute atomic E-state index is 0.486. The van der Waals surface area contributed by atoms with E-state index >= 15 is 0 Å². The van der Waals surface area contributed by atoms with Crippen molar-refractivity contribution in [3.63, 3.8) is 0 Å². The highest BCUT2D eigenvalue weighted by molar-refractivity contribution is 5.58. The van der Waals surface area contributed by atoms with Gasteiger partial charge in [-0.25, -0.2) is 0 Å². The molecule has 0 atom stereocenters. The summed E-state index contributed by atoms with van der Waals surface area (Å²) in [4.78, 5) is 2.09. The fourth-order valence-corrected chi connectivity index (χ4v) is 1.34. The molecule has 0 aliphatic carbocycles. The summed E-state index contributed by atoms with van der Waals surface area (Å²) in [7, 11) is 4.07. The van der Waals surface area contributed by atoms with E-state index in [1.807, 2.05) is 26.2 Å². The number of rotatable bonds is 2. The summed E-state index contributed by atoms with van der Waals surface area (Å²) in [5, 5.41) is 0. The van der Waals surface area contributed by atoms with Crippen molar-refractivity contribution in [1.29, 1.82) is 0 Å². The Morgan fingerprint density at radius 3 is 2.31 bits per heavy atom. The fraction of sp³-hybridized carbons (Fsp3) is 0.455. The van der Waals surface area contributed by atoms with Crippen molar-refractivity contribution in [2.45, 2.75) is 19.8 Å². The number of anilines is 2. The van der Waals surface area contributed by atoms with E-state index < -0.39 is 0 Å². The molecule has 1 aromatic rings. The molecule has 0 bridgehead atoms. The SMILES string of the molecule is CC(C)c1cc(N(C)C)ccc1N. The van der Waals surface area contributed by atoms with Crippen LogP contribution in [-0.4, -0.2) is 14.1 Å². The molecule has 0 aromatic heterocycles. The van der Waals surface area contributed by atoms with Gasteiger partial charge in [-0.1, -0.05) is 13.8 Å². The lowest BCUT2D eigenvalue weighted by atomic mass is 10.0. The van der Waals surface area contributed by atoms with Gasteiger partial charge in [-0.2, -0.15) is 0 Å². The predicted molar refractivity (Wildman–Crippen MR) is 59.3 cm³/mol. The second-order valence-corrected chi connectivity index (χ2v) is 3.86. The van der Waals surface area contributed by atoms with Gasteiger partial charge in [0.25, 0.3) is 0 Å². The Kier molecular flexibility index (Phi) is 2.81. The first kappa shape index (κ1) is 9.90. The average molecular weight is 178 g/mol. The highest BCUT2D eigenvalue weighted by Gasteiger charge is 2.05. The van der Waals surface area contributed by atoms with E-state index in [0.717, 1.165) is 5.69 Å². The molecule has 0 fully saturated rings. The van der Waals surface area contributed by atoms with Crippen LogP contribution in [0.15, 0.2) is 18.2 Å². The first-order chi connectivity index (χ1) is 6.02. The second-order valence-electron chi connectivity index (χ2n) is 3.86. The van der Waals surface area contributed by atoms with Gasteiger partial charge in [0.2, 0.25) is 0 Å². The molecule has 2 nitrogen and oxygen atoms in total. The van der Waals surface area contributed by atoms with Crippen LogP contribution in [-0.2, 0) is 0 Å². The zero-order chi connectivity index (χ0) is 10.0. The Hall–Kier alpha value is -1.18. The highest BCUT2D eigenvalue weighted by atomic mass is 15.1. The Labute approximate surface area is 80.4 Å². The summed E-state index contributed by atoms with van der Waals surface area (Å²) in [6, 6.07) is 6.17. The maximum Gasteiger partial charge on any atom is 0.0365 e. The van der Waals surface area contributed by atoms with E-state index in [-0.39, 0.29) is 0 Å². The molecule has 0 spiro atoms. The molecule has 0 heterocycles.